The van der Waals surface area contributed by atoms with E-state index in [0.29, 0.717) is 37.6 Å². The number of para-hydroxylation sites is 1. The smallest absolute Gasteiger partial charge is 0.305 e. The Hall–Kier alpha value is -3.86. The van der Waals surface area contributed by atoms with Gasteiger partial charge in [0.25, 0.3) is 5.91 Å². The number of H-pyrrole nitrogens is 1. The van der Waals surface area contributed by atoms with Crippen molar-refractivity contribution in [1.29, 1.82) is 0 Å². The van der Waals surface area contributed by atoms with Crippen LogP contribution in [-0.2, 0) is 14.4 Å². The highest BCUT2D eigenvalue weighted by Crippen LogP contribution is 2.54. The number of thiazole rings is 1. The SMILES string of the molecule is Cc1ccc(N2C(=O)[C@H]3[C@H](c4cc(Cl)ccc4OCC(=O)Nc4ccccc4)c4sc(=O)[nH]c4S[C@H]3C2=O)cc1. The molecule has 6 rings (SSSR count). The van der Waals surface area contributed by atoms with E-state index in [2.05, 4.69) is 10.3 Å². The first-order chi connectivity index (χ1) is 19.3. The molecule has 2 aliphatic rings. The maximum Gasteiger partial charge on any atom is 0.305 e. The van der Waals surface area contributed by atoms with Crippen molar-refractivity contribution in [1.82, 2.24) is 4.98 Å². The number of thioether (sulfide) groups is 1. The highest BCUT2D eigenvalue weighted by Gasteiger charge is 2.56. The molecule has 4 aromatic rings. The maximum atomic E-state index is 14.0. The Morgan fingerprint density at radius 1 is 1.02 bits per heavy atom. The minimum absolute atomic E-state index is 0.288. The number of fused-ring (bicyclic) bond motifs is 2. The van der Waals surface area contributed by atoms with Gasteiger partial charge in [0.15, 0.2) is 6.61 Å². The second-order valence-corrected chi connectivity index (χ2v) is 12.1. The fourth-order valence-corrected chi connectivity index (χ4v) is 7.74. The third-order valence-corrected chi connectivity index (χ3v) is 9.48. The average molecular weight is 592 g/mol. The van der Waals surface area contributed by atoms with E-state index >= 15 is 0 Å². The van der Waals surface area contributed by atoms with Crippen molar-refractivity contribution >= 4 is 63.8 Å². The van der Waals surface area contributed by atoms with E-state index in [-0.39, 0.29) is 29.2 Å². The van der Waals surface area contributed by atoms with Crippen molar-refractivity contribution in [3.05, 3.63) is 103 Å². The lowest BCUT2D eigenvalue weighted by atomic mass is 9.82. The summed E-state index contributed by atoms with van der Waals surface area (Å²) in [4.78, 5) is 57.1. The van der Waals surface area contributed by atoms with Crippen LogP contribution in [0.1, 0.15) is 21.9 Å². The quantitative estimate of drug-likeness (QED) is 0.298. The number of aromatic amines is 1. The number of aryl methyl sites for hydroxylation is 1. The van der Waals surface area contributed by atoms with Crippen LogP contribution in [0, 0.1) is 12.8 Å². The monoisotopic (exact) mass is 591 g/mol. The summed E-state index contributed by atoms with van der Waals surface area (Å²) in [5.74, 6) is -2.24. The van der Waals surface area contributed by atoms with E-state index in [1.54, 1.807) is 42.5 Å². The second-order valence-electron chi connectivity index (χ2n) is 9.48. The Kier molecular flexibility index (Phi) is 6.99. The molecule has 0 saturated carbocycles. The molecule has 11 heteroatoms. The van der Waals surface area contributed by atoms with E-state index < -0.39 is 17.1 Å². The zero-order chi connectivity index (χ0) is 28.0. The van der Waals surface area contributed by atoms with Gasteiger partial charge in [0.05, 0.1) is 16.6 Å². The molecule has 0 aliphatic carbocycles. The molecule has 1 fully saturated rings. The summed E-state index contributed by atoms with van der Waals surface area (Å²) < 4.78 is 5.97. The van der Waals surface area contributed by atoms with Crippen molar-refractivity contribution < 1.29 is 19.1 Å². The minimum atomic E-state index is -0.809. The van der Waals surface area contributed by atoms with Gasteiger partial charge in [-0.2, -0.15) is 0 Å². The summed E-state index contributed by atoms with van der Waals surface area (Å²) in [6, 6.07) is 21.1. The van der Waals surface area contributed by atoms with Crippen LogP contribution in [0.4, 0.5) is 11.4 Å². The molecule has 0 unspecified atom stereocenters. The fraction of sp³-hybridized carbons (Fsp3) is 0.172. The lowest BCUT2D eigenvalue weighted by Gasteiger charge is -2.31. The summed E-state index contributed by atoms with van der Waals surface area (Å²) in [7, 11) is 0. The van der Waals surface area contributed by atoms with Gasteiger partial charge in [-0.05, 0) is 49.4 Å². The maximum absolute atomic E-state index is 14.0. The van der Waals surface area contributed by atoms with Gasteiger partial charge >= 0.3 is 4.87 Å². The third-order valence-electron chi connectivity index (χ3n) is 6.84. The number of carbonyl (C=O) groups is 3. The summed E-state index contributed by atoms with van der Waals surface area (Å²) in [5, 5.41) is 2.95. The number of hydrogen-bond acceptors (Lipinski definition) is 7. The molecule has 2 aliphatic heterocycles. The van der Waals surface area contributed by atoms with Gasteiger partial charge in [-0.15, -0.1) is 0 Å². The van der Waals surface area contributed by atoms with Gasteiger partial charge in [-0.25, -0.2) is 4.90 Å². The predicted octanol–water partition coefficient (Wildman–Crippen LogP) is 5.21. The molecule has 3 aromatic carbocycles. The van der Waals surface area contributed by atoms with Crippen molar-refractivity contribution in [2.24, 2.45) is 5.92 Å². The minimum Gasteiger partial charge on any atom is -0.483 e. The standard InChI is InChI=1S/C29H22ClN3O5S2/c1-15-7-10-18(11-8-15)33-27(35)23-22(24-26(32-29(37)40-24)39-25(23)28(33)36)19-13-16(30)9-12-20(19)38-14-21(34)31-17-5-3-2-4-6-17/h2-13,22-23,25H,14H2,1H3,(H,31,34)(H,32,37)/t22-,23-,25+/m0/s1. The van der Waals surface area contributed by atoms with Gasteiger partial charge in [-0.1, -0.05) is 70.6 Å². The molecule has 202 valence electrons. The van der Waals surface area contributed by atoms with Crippen molar-refractivity contribution in [2.45, 2.75) is 23.1 Å². The number of imide groups is 1. The van der Waals surface area contributed by atoms with E-state index in [9.17, 15) is 19.2 Å². The average Bonchev–Trinajstić information content (AvgIpc) is 3.43. The first-order valence-electron chi connectivity index (χ1n) is 12.4. The molecular weight excluding hydrogens is 570 g/mol. The van der Waals surface area contributed by atoms with E-state index in [4.69, 9.17) is 16.3 Å². The van der Waals surface area contributed by atoms with E-state index in [0.717, 1.165) is 16.9 Å². The van der Waals surface area contributed by atoms with Crippen LogP contribution >= 0.6 is 34.7 Å². The van der Waals surface area contributed by atoms with Crippen LogP contribution in [0.3, 0.4) is 0 Å². The summed E-state index contributed by atoms with van der Waals surface area (Å²) in [6.45, 7) is 1.63. The van der Waals surface area contributed by atoms with Gasteiger partial charge in [0.2, 0.25) is 11.8 Å². The van der Waals surface area contributed by atoms with Gasteiger partial charge in [0, 0.05) is 27.1 Å². The number of amides is 3. The first-order valence-corrected chi connectivity index (χ1v) is 14.5. The Bertz CT molecular complexity index is 1690. The highest BCUT2D eigenvalue weighted by atomic mass is 35.5. The van der Waals surface area contributed by atoms with Gasteiger partial charge < -0.3 is 15.0 Å². The molecule has 40 heavy (non-hydrogen) atoms. The van der Waals surface area contributed by atoms with Crippen LogP contribution in [-0.4, -0.2) is 34.6 Å². The first kappa shape index (κ1) is 26.4. The van der Waals surface area contributed by atoms with Crippen molar-refractivity contribution in [3.8, 4) is 5.75 Å². The Balaban J connectivity index is 1.37. The van der Waals surface area contributed by atoms with Crippen LogP contribution in [0.5, 0.6) is 5.75 Å². The largest absolute Gasteiger partial charge is 0.483 e. The molecule has 0 radical (unpaired) electrons. The number of aromatic nitrogens is 1. The number of hydrogen-bond donors (Lipinski definition) is 2. The topological polar surface area (TPSA) is 109 Å². The number of nitrogens with zero attached hydrogens (tertiary/aromatic N) is 1. The number of halogens is 1. The number of nitrogens with one attached hydrogen (secondary N) is 2. The molecule has 0 spiro atoms. The van der Waals surface area contributed by atoms with Crippen molar-refractivity contribution in [3.63, 3.8) is 0 Å². The molecule has 8 nitrogen and oxygen atoms in total. The van der Waals surface area contributed by atoms with Crippen LogP contribution in [0.25, 0.3) is 0 Å². The Morgan fingerprint density at radius 2 is 1.77 bits per heavy atom. The Labute approximate surface area is 242 Å². The van der Waals surface area contributed by atoms with Gasteiger partial charge in [0.1, 0.15) is 11.0 Å². The third kappa shape index (κ3) is 4.83. The normalized spacial score (nSPS) is 19.8. The fourth-order valence-electron chi connectivity index (χ4n) is 5.06. The molecule has 3 amide bonds. The molecule has 3 heterocycles. The predicted molar refractivity (Wildman–Crippen MR) is 156 cm³/mol. The van der Waals surface area contributed by atoms with Crippen LogP contribution < -0.4 is 19.8 Å². The number of anilines is 2. The number of carbonyl (C=O) groups excluding carboxylic acids is 3. The molecule has 0 bridgehead atoms. The molecule has 3 atom stereocenters. The summed E-state index contributed by atoms with van der Waals surface area (Å²) in [5.41, 5.74) is 2.65. The molecule has 1 aromatic heterocycles. The second kappa shape index (κ2) is 10.6. The molecular formula is C29H22ClN3O5S2. The highest BCUT2D eigenvalue weighted by molar-refractivity contribution is 8.00. The lowest BCUT2D eigenvalue weighted by molar-refractivity contribution is -0.122. The van der Waals surface area contributed by atoms with Crippen LogP contribution in [0.15, 0.2) is 82.6 Å². The summed E-state index contributed by atoms with van der Waals surface area (Å²) >= 11 is 8.61. The number of benzene rings is 3. The van der Waals surface area contributed by atoms with Gasteiger partial charge in [-0.3, -0.25) is 19.2 Å². The van der Waals surface area contributed by atoms with Crippen LogP contribution in [0.2, 0.25) is 5.02 Å². The Morgan fingerprint density at radius 3 is 2.52 bits per heavy atom. The zero-order valence-electron chi connectivity index (χ0n) is 21.1. The van der Waals surface area contributed by atoms with E-state index in [1.807, 2.05) is 37.3 Å². The zero-order valence-corrected chi connectivity index (χ0v) is 23.4. The van der Waals surface area contributed by atoms with E-state index in [1.165, 1.54) is 16.7 Å². The van der Waals surface area contributed by atoms with Crippen molar-refractivity contribution in [2.75, 3.05) is 16.8 Å². The lowest BCUT2D eigenvalue weighted by Crippen LogP contribution is -2.32. The molecule has 2 N–H and O–H groups in total. The number of rotatable bonds is 6. The number of ether oxygens (including phenoxy) is 1. The summed E-state index contributed by atoms with van der Waals surface area (Å²) in [6.07, 6.45) is 0. The molecule has 1 saturated heterocycles.